The third kappa shape index (κ3) is 4.74. The predicted octanol–water partition coefficient (Wildman–Crippen LogP) is 5.52. The number of nitrogens with zero attached hydrogens (tertiary/aromatic N) is 1. The van der Waals surface area contributed by atoms with E-state index in [0.29, 0.717) is 19.4 Å². The number of para-hydroxylation sites is 1. The van der Waals surface area contributed by atoms with E-state index in [2.05, 4.69) is 48.2 Å². The molecule has 3 aromatic rings. The Morgan fingerprint density at radius 1 is 1.07 bits per heavy atom. The fourth-order valence-corrected chi connectivity index (χ4v) is 5.14. The van der Waals surface area contributed by atoms with Gasteiger partial charge in [0.25, 0.3) is 0 Å². The summed E-state index contributed by atoms with van der Waals surface area (Å²) in [5.74, 6) is -0.0286. The summed E-state index contributed by atoms with van der Waals surface area (Å²) in [6, 6.07) is 22.9. The Labute approximate surface area is 181 Å². The summed E-state index contributed by atoms with van der Waals surface area (Å²) in [6.07, 6.45) is 1.37. The second-order valence-corrected chi connectivity index (χ2v) is 9.13. The number of carboxylic acid groups (broad SMARTS) is 1. The van der Waals surface area contributed by atoms with Crippen LogP contribution in [0.3, 0.4) is 0 Å². The summed E-state index contributed by atoms with van der Waals surface area (Å²) in [6.45, 7) is 4.19. The first kappa shape index (κ1) is 20.6. The molecule has 1 fully saturated rings. The molecular weight excluding hydrogens is 394 g/mol. The van der Waals surface area contributed by atoms with Crippen molar-refractivity contribution in [2.45, 2.75) is 32.4 Å². The number of carbonyl (C=O) groups is 1. The van der Waals surface area contributed by atoms with Crippen LogP contribution in [0.5, 0.6) is 5.75 Å². The van der Waals surface area contributed by atoms with Gasteiger partial charge in [0.1, 0.15) is 12.4 Å². The molecule has 5 heteroatoms. The fraction of sp³-hybridized carbons (Fsp3) is 0.320. The molecule has 1 saturated heterocycles. The number of hydrogen-bond acceptors (Lipinski definition) is 4. The molecule has 1 N–H and O–H groups in total. The highest BCUT2D eigenvalue weighted by Crippen LogP contribution is 2.39. The summed E-state index contributed by atoms with van der Waals surface area (Å²) >= 11 is 1.80. The van der Waals surface area contributed by atoms with Gasteiger partial charge >= 0.3 is 5.97 Å². The lowest BCUT2D eigenvalue weighted by Crippen LogP contribution is -2.39. The van der Waals surface area contributed by atoms with Crippen molar-refractivity contribution in [3.8, 4) is 5.75 Å². The Hall–Kier alpha value is -2.63. The number of rotatable bonds is 7. The highest BCUT2D eigenvalue weighted by atomic mass is 32.1. The maximum absolute atomic E-state index is 11.4. The van der Waals surface area contributed by atoms with Gasteiger partial charge in [-0.2, -0.15) is 0 Å². The van der Waals surface area contributed by atoms with Gasteiger partial charge in [-0.15, -0.1) is 11.3 Å². The second kappa shape index (κ2) is 9.45. The Bertz CT molecular complexity index is 977. The number of ether oxygens (including phenoxy) is 1. The first-order chi connectivity index (χ1) is 14.6. The van der Waals surface area contributed by atoms with Crippen molar-refractivity contribution in [2.24, 2.45) is 5.92 Å². The third-order valence-electron chi connectivity index (χ3n) is 5.73. The number of likely N-dealkylation sites (tertiary alicyclic amines) is 1. The highest BCUT2D eigenvalue weighted by Gasteiger charge is 2.32. The summed E-state index contributed by atoms with van der Waals surface area (Å²) < 4.78 is 6.27. The molecule has 0 bridgehead atoms. The molecule has 0 aliphatic carbocycles. The molecule has 2 heterocycles. The molecule has 0 saturated carbocycles. The monoisotopic (exact) mass is 421 g/mol. The van der Waals surface area contributed by atoms with Crippen molar-refractivity contribution in [2.75, 3.05) is 13.1 Å². The van der Waals surface area contributed by atoms with E-state index in [0.717, 1.165) is 30.0 Å². The van der Waals surface area contributed by atoms with Crippen LogP contribution in [-0.2, 0) is 11.4 Å². The molecule has 156 valence electrons. The van der Waals surface area contributed by atoms with E-state index in [4.69, 9.17) is 4.74 Å². The first-order valence-corrected chi connectivity index (χ1v) is 11.2. The third-order valence-corrected chi connectivity index (χ3v) is 6.78. The molecular formula is C25H27NO3S. The Kier molecular flexibility index (Phi) is 6.50. The quantitative estimate of drug-likeness (QED) is 0.546. The van der Waals surface area contributed by atoms with Crippen LogP contribution >= 0.6 is 11.3 Å². The zero-order valence-electron chi connectivity index (χ0n) is 17.2. The number of benzene rings is 2. The van der Waals surface area contributed by atoms with Crippen LogP contribution in [0, 0.1) is 12.8 Å². The lowest BCUT2D eigenvalue weighted by molar-refractivity contribution is -0.143. The lowest BCUT2D eigenvalue weighted by Gasteiger charge is -2.37. The highest BCUT2D eigenvalue weighted by molar-refractivity contribution is 7.12. The van der Waals surface area contributed by atoms with E-state index in [1.165, 1.54) is 9.75 Å². The lowest BCUT2D eigenvalue weighted by atomic mass is 9.93. The van der Waals surface area contributed by atoms with E-state index in [9.17, 15) is 9.90 Å². The van der Waals surface area contributed by atoms with Crippen LogP contribution in [0.1, 0.15) is 39.8 Å². The van der Waals surface area contributed by atoms with Crippen molar-refractivity contribution in [1.29, 1.82) is 0 Å². The minimum Gasteiger partial charge on any atom is -0.489 e. The molecule has 2 aromatic carbocycles. The largest absolute Gasteiger partial charge is 0.489 e. The molecule has 4 rings (SSSR count). The zero-order valence-corrected chi connectivity index (χ0v) is 18.0. The minimum absolute atomic E-state index is 0.0745. The van der Waals surface area contributed by atoms with Gasteiger partial charge in [0, 0.05) is 15.3 Å². The molecule has 0 radical (unpaired) electrons. The number of carboxylic acids is 1. The zero-order chi connectivity index (χ0) is 20.9. The number of aryl methyl sites for hydroxylation is 1. The van der Waals surface area contributed by atoms with E-state index in [1.54, 1.807) is 11.3 Å². The van der Waals surface area contributed by atoms with Crippen LogP contribution in [0.2, 0.25) is 0 Å². The van der Waals surface area contributed by atoms with Crippen LogP contribution in [0.25, 0.3) is 0 Å². The molecule has 1 aliphatic rings. The van der Waals surface area contributed by atoms with Crippen molar-refractivity contribution >= 4 is 17.3 Å². The van der Waals surface area contributed by atoms with Crippen LogP contribution in [0.4, 0.5) is 0 Å². The standard InChI is InChI=1S/C25H27NO3S/c1-18-11-12-23(30-18)24(26-15-13-20(14-16-26)25(27)28)21-9-5-6-10-22(21)29-17-19-7-3-2-4-8-19/h2-12,20,24H,13-17H2,1H3,(H,27,28). The molecule has 0 spiro atoms. The Balaban J connectivity index is 1.62. The van der Waals surface area contributed by atoms with Gasteiger partial charge in [0.05, 0.1) is 12.0 Å². The van der Waals surface area contributed by atoms with Gasteiger partial charge in [-0.05, 0) is 56.6 Å². The number of piperidine rings is 1. The summed E-state index contributed by atoms with van der Waals surface area (Å²) in [7, 11) is 0. The number of hydrogen-bond donors (Lipinski definition) is 1. The van der Waals surface area contributed by atoms with Crippen molar-refractivity contribution in [3.63, 3.8) is 0 Å². The van der Waals surface area contributed by atoms with E-state index >= 15 is 0 Å². The van der Waals surface area contributed by atoms with E-state index in [-0.39, 0.29) is 12.0 Å². The Morgan fingerprint density at radius 3 is 2.43 bits per heavy atom. The summed E-state index contributed by atoms with van der Waals surface area (Å²) in [5.41, 5.74) is 2.28. The van der Waals surface area contributed by atoms with Gasteiger partial charge in [0.15, 0.2) is 0 Å². The number of thiophene rings is 1. The van der Waals surface area contributed by atoms with Gasteiger partial charge in [-0.3, -0.25) is 9.69 Å². The normalized spacial score (nSPS) is 16.3. The summed E-state index contributed by atoms with van der Waals surface area (Å²) in [4.78, 5) is 16.4. The average Bonchev–Trinajstić information content (AvgIpc) is 3.20. The maximum Gasteiger partial charge on any atom is 0.306 e. The average molecular weight is 422 g/mol. The van der Waals surface area contributed by atoms with E-state index < -0.39 is 5.97 Å². The minimum atomic E-state index is -0.676. The van der Waals surface area contributed by atoms with E-state index in [1.807, 2.05) is 30.3 Å². The molecule has 1 unspecified atom stereocenters. The molecule has 1 atom stereocenters. The van der Waals surface area contributed by atoms with Crippen molar-refractivity contribution in [3.05, 3.63) is 87.6 Å². The summed E-state index contributed by atoms with van der Waals surface area (Å²) in [5, 5.41) is 9.39. The molecule has 30 heavy (non-hydrogen) atoms. The fourth-order valence-electron chi connectivity index (χ4n) is 4.11. The molecule has 0 amide bonds. The van der Waals surface area contributed by atoms with Crippen molar-refractivity contribution in [1.82, 2.24) is 4.90 Å². The molecule has 1 aromatic heterocycles. The molecule has 4 nitrogen and oxygen atoms in total. The first-order valence-electron chi connectivity index (χ1n) is 10.4. The van der Waals surface area contributed by atoms with Crippen LogP contribution in [-0.4, -0.2) is 29.1 Å². The van der Waals surface area contributed by atoms with Crippen LogP contribution in [0.15, 0.2) is 66.7 Å². The van der Waals surface area contributed by atoms with Gasteiger partial charge < -0.3 is 9.84 Å². The second-order valence-electron chi connectivity index (χ2n) is 7.81. The van der Waals surface area contributed by atoms with Gasteiger partial charge in [0.2, 0.25) is 0 Å². The SMILES string of the molecule is Cc1ccc(C(c2ccccc2OCc2ccccc2)N2CCC(C(=O)O)CC2)s1. The number of aliphatic carboxylic acids is 1. The van der Waals surface area contributed by atoms with Gasteiger partial charge in [-0.25, -0.2) is 0 Å². The smallest absolute Gasteiger partial charge is 0.306 e. The van der Waals surface area contributed by atoms with Crippen LogP contribution < -0.4 is 4.74 Å². The van der Waals surface area contributed by atoms with Crippen molar-refractivity contribution < 1.29 is 14.6 Å². The Morgan fingerprint density at radius 2 is 1.77 bits per heavy atom. The predicted molar refractivity (Wildman–Crippen MR) is 120 cm³/mol. The maximum atomic E-state index is 11.4. The molecule has 1 aliphatic heterocycles. The topological polar surface area (TPSA) is 49.8 Å². The van der Waals surface area contributed by atoms with Gasteiger partial charge in [-0.1, -0.05) is 48.5 Å².